The van der Waals surface area contributed by atoms with Gasteiger partial charge in [0.2, 0.25) is 0 Å². The third-order valence-electron chi connectivity index (χ3n) is 0. The van der Waals surface area contributed by atoms with Gasteiger partial charge in [-0.25, -0.2) is 0 Å². The van der Waals surface area contributed by atoms with E-state index in [1.54, 1.807) is 0 Å². The summed E-state index contributed by atoms with van der Waals surface area (Å²) in [6.07, 6.45) is 0. The van der Waals surface area contributed by atoms with E-state index < -0.39 is 15.3 Å². The predicted octanol–water partition coefficient (Wildman–Crippen LogP) is -0.717. The van der Waals surface area contributed by atoms with E-state index in [1.165, 1.54) is 0 Å². The summed E-state index contributed by atoms with van der Waals surface area (Å²) < 4.78 is 0. The van der Waals surface area contributed by atoms with E-state index in [2.05, 4.69) is 0 Å². The van der Waals surface area contributed by atoms with Crippen molar-refractivity contribution in [2.75, 3.05) is 0 Å². The van der Waals surface area contributed by atoms with E-state index >= 15 is 0 Å². The van der Waals surface area contributed by atoms with Gasteiger partial charge in [-0.05, 0) is 0 Å². The Morgan fingerprint density at radius 3 is 0.538 bits per heavy atom. The largest absolute Gasteiger partial charge is 0.356 e. The second-order valence-corrected chi connectivity index (χ2v) is 0.671. The Balaban J connectivity index is -0.0000000450. The molecule has 0 saturated carbocycles. The van der Waals surface area contributed by atoms with Crippen molar-refractivity contribution in [2.24, 2.45) is 0 Å². The fraction of sp³-hybridized carbons (Fsp3) is 0. The number of rotatable bonds is 0. The van der Waals surface area contributed by atoms with Crippen LogP contribution in [0.5, 0.6) is 0 Å². The third-order valence-corrected chi connectivity index (χ3v) is 0. The van der Waals surface area contributed by atoms with Gasteiger partial charge >= 0.3 is 0 Å². The van der Waals surface area contributed by atoms with Gasteiger partial charge in [0.1, 0.15) is 0 Å². The van der Waals surface area contributed by atoms with Gasteiger partial charge in [0.25, 0.3) is 0 Å². The average Bonchev–Trinajstić information content (AvgIpc) is 1.54. The molecule has 0 aliphatic heterocycles. The molecule has 12 nitrogen and oxygen atoms in total. The summed E-state index contributed by atoms with van der Waals surface area (Å²) in [4.78, 5) is 24.8. The Bertz CT molecular complexity index is 112. The Morgan fingerprint density at radius 2 is 0.538 bits per heavy atom. The Morgan fingerprint density at radius 1 is 0.538 bits per heavy atom. The summed E-state index contributed by atoms with van der Waals surface area (Å²) in [6, 6.07) is 0. The molecule has 0 rings (SSSR count). The van der Waals surface area contributed by atoms with Crippen LogP contribution in [-0.2, 0) is 0 Å². The normalized spacial score (nSPS) is 5.54. The Labute approximate surface area is 101 Å². The minimum absolute atomic E-state index is 0. The molecule has 0 atom stereocenters. The molecule has 13 heavy (non-hydrogen) atoms. The molecule has 0 aromatic carbocycles. The SMILES string of the molecule is O=[N+]([O-])[O-].O=[N+]([O-])[O-].O=[N+]([O-])[O-].[Sm]. The summed E-state index contributed by atoms with van der Waals surface area (Å²) >= 11 is 0. The van der Waals surface area contributed by atoms with Crippen LogP contribution < -0.4 is 0 Å². The first-order chi connectivity index (χ1) is 5.20. The van der Waals surface area contributed by atoms with E-state index in [0.29, 0.717) is 0 Å². The number of hydrogen-bond donors (Lipinski definition) is 0. The van der Waals surface area contributed by atoms with Gasteiger partial charge < -0.3 is 46.0 Å². The quantitative estimate of drug-likeness (QED) is 0.404. The van der Waals surface area contributed by atoms with Crippen LogP contribution >= 0.6 is 0 Å². The summed E-state index contributed by atoms with van der Waals surface area (Å²) in [5, 5.41) is 44.2. The van der Waals surface area contributed by atoms with Gasteiger partial charge in [-0.3, -0.25) is 0 Å². The first-order valence-electron chi connectivity index (χ1n) is 1.64. The van der Waals surface area contributed by atoms with E-state index in [1.807, 2.05) is 0 Å². The minimum atomic E-state index is -1.75. The van der Waals surface area contributed by atoms with Gasteiger partial charge in [-0.2, -0.15) is 0 Å². The maximum atomic E-state index is 8.25. The summed E-state index contributed by atoms with van der Waals surface area (Å²) in [6.45, 7) is 0. The molecular formula is N3O9Sm-3. The van der Waals surface area contributed by atoms with Crippen LogP contribution in [0.25, 0.3) is 0 Å². The fourth-order valence-electron chi connectivity index (χ4n) is 0. The van der Waals surface area contributed by atoms with Crippen LogP contribution in [0.1, 0.15) is 0 Å². The second-order valence-electron chi connectivity index (χ2n) is 0.671. The van der Waals surface area contributed by atoms with Crippen LogP contribution in [0.15, 0.2) is 0 Å². The third kappa shape index (κ3) is 774. The van der Waals surface area contributed by atoms with Gasteiger partial charge in [0, 0.05) is 40.4 Å². The van der Waals surface area contributed by atoms with Crippen molar-refractivity contribution in [3.8, 4) is 0 Å². The second kappa shape index (κ2) is 17.1. The van der Waals surface area contributed by atoms with Crippen LogP contribution in [-0.4, -0.2) is 15.3 Å². The molecule has 0 unspecified atom stereocenters. The number of hydrogen-bond acceptors (Lipinski definition) is 9. The molecule has 0 aromatic heterocycles. The van der Waals surface area contributed by atoms with Crippen LogP contribution in [0, 0.1) is 86.4 Å². The fourth-order valence-corrected chi connectivity index (χ4v) is 0. The zero-order chi connectivity index (χ0) is 10.7. The predicted molar refractivity (Wildman–Crippen MR) is 31.1 cm³/mol. The smallest absolute Gasteiger partial charge is 0.0689 e. The molecule has 0 fully saturated rings. The van der Waals surface area contributed by atoms with Gasteiger partial charge in [0.15, 0.2) is 0 Å². The summed E-state index contributed by atoms with van der Waals surface area (Å²) in [5.41, 5.74) is 0. The first-order valence-corrected chi connectivity index (χ1v) is 1.64. The monoisotopic (exact) mass is 338 g/mol. The molecule has 0 spiro atoms. The maximum absolute atomic E-state index is 8.25. The molecule has 13 heteroatoms. The molecule has 0 heterocycles. The standard InChI is InChI=1S/3NO3.Sm/c3*2-1(3)4;/q3*-1;. The Kier molecular flexibility index (Phi) is 29.9. The molecule has 0 aliphatic rings. The zero-order valence-electron chi connectivity index (χ0n) is 5.42. The van der Waals surface area contributed by atoms with Crippen molar-refractivity contribution in [1.29, 1.82) is 0 Å². The molecule has 0 aromatic rings. The summed E-state index contributed by atoms with van der Waals surface area (Å²) in [7, 11) is 0. The Hall–Kier alpha value is -1.06. The maximum Gasteiger partial charge on any atom is 0.0689 e. The molecular weight excluding hydrogens is 336 g/mol. The van der Waals surface area contributed by atoms with Crippen molar-refractivity contribution >= 4 is 0 Å². The molecule has 78 valence electrons. The summed E-state index contributed by atoms with van der Waals surface area (Å²) in [5.74, 6) is 0. The van der Waals surface area contributed by atoms with Gasteiger partial charge in [-0.1, -0.05) is 0 Å². The minimum Gasteiger partial charge on any atom is -0.356 e. The van der Waals surface area contributed by atoms with E-state index in [0.717, 1.165) is 0 Å². The van der Waals surface area contributed by atoms with Crippen LogP contribution in [0.4, 0.5) is 0 Å². The van der Waals surface area contributed by atoms with E-state index in [9.17, 15) is 0 Å². The van der Waals surface area contributed by atoms with Crippen molar-refractivity contribution in [2.45, 2.75) is 0 Å². The zero-order valence-corrected chi connectivity index (χ0v) is 8.04. The first kappa shape index (κ1) is 22.7. The van der Waals surface area contributed by atoms with Crippen molar-refractivity contribution in [3.05, 3.63) is 46.0 Å². The topological polar surface area (TPSA) is 199 Å². The molecule has 0 aliphatic carbocycles. The molecule has 0 bridgehead atoms. The van der Waals surface area contributed by atoms with Crippen molar-refractivity contribution < 1.29 is 55.6 Å². The van der Waals surface area contributed by atoms with E-state index in [-0.39, 0.29) is 40.4 Å². The molecule has 0 saturated heterocycles. The van der Waals surface area contributed by atoms with Crippen molar-refractivity contribution in [1.82, 2.24) is 0 Å². The molecule has 0 amide bonds. The van der Waals surface area contributed by atoms with Crippen molar-refractivity contribution in [3.63, 3.8) is 0 Å². The van der Waals surface area contributed by atoms with Gasteiger partial charge in [-0.15, -0.1) is 0 Å². The van der Waals surface area contributed by atoms with Gasteiger partial charge in [0.05, 0.1) is 15.3 Å². The molecule has 0 radical (unpaired) electrons. The van der Waals surface area contributed by atoms with E-state index in [4.69, 9.17) is 46.0 Å². The van der Waals surface area contributed by atoms with Crippen LogP contribution in [0.2, 0.25) is 0 Å². The number of nitrogens with zero attached hydrogens (tertiary/aromatic N) is 3. The van der Waals surface area contributed by atoms with Crippen LogP contribution in [0.3, 0.4) is 0 Å². The molecule has 0 N–H and O–H groups in total. The average molecular weight is 336 g/mol.